The van der Waals surface area contributed by atoms with Crippen LogP contribution in [-0.2, 0) is 13.5 Å². The van der Waals surface area contributed by atoms with Crippen LogP contribution in [0.4, 0.5) is 0 Å². The van der Waals surface area contributed by atoms with E-state index in [1.54, 1.807) is 21.7 Å². The third-order valence-electron chi connectivity index (χ3n) is 6.64. The Balaban J connectivity index is 1.30. The first-order valence-corrected chi connectivity index (χ1v) is 11.4. The number of pyridine rings is 2. The quantitative estimate of drug-likeness (QED) is 0.435. The monoisotopic (exact) mass is 463 g/mol. The number of aryl methyl sites for hydroxylation is 1. The van der Waals surface area contributed by atoms with Crippen molar-refractivity contribution in [1.29, 1.82) is 0 Å². The van der Waals surface area contributed by atoms with Crippen molar-refractivity contribution < 1.29 is 4.79 Å². The molecule has 0 radical (unpaired) electrons. The molecule has 1 atom stereocenters. The van der Waals surface area contributed by atoms with E-state index in [0.717, 1.165) is 39.2 Å². The summed E-state index contributed by atoms with van der Waals surface area (Å²) < 4.78 is 5.34. The van der Waals surface area contributed by atoms with E-state index >= 15 is 0 Å². The molecule has 1 aliphatic rings. The van der Waals surface area contributed by atoms with Gasteiger partial charge in [-0.3, -0.25) is 9.48 Å². The molecule has 0 bridgehead atoms. The summed E-state index contributed by atoms with van der Waals surface area (Å²) in [5.74, 6) is -0.0927. The lowest BCUT2D eigenvalue weighted by Gasteiger charge is -2.33. The molecule has 1 amide bonds. The number of amides is 1. The van der Waals surface area contributed by atoms with Gasteiger partial charge in [0.05, 0.1) is 46.7 Å². The van der Waals surface area contributed by atoms with Crippen molar-refractivity contribution in [3.8, 4) is 11.1 Å². The smallest absolute Gasteiger partial charge is 0.258 e. The Morgan fingerprint density at radius 3 is 2.86 bits per heavy atom. The highest BCUT2D eigenvalue weighted by molar-refractivity contribution is 6.01. The molecule has 6 aromatic heterocycles. The molecular formula is C25H21N9O. The van der Waals surface area contributed by atoms with Crippen molar-refractivity contribution in [2.24, 2.45) is 7.05 Å². The number of rotatable bonds is 3. The third-order valence-corrected chi connectivity index (χ3v) is 6.64. The minimum atomic E-state index is -0.387. The van der Waals surface area contributed by atoms with Crippen LogP contribution in [0.2, 0.25) is 0 Å². The molecule has 1 unspecified atom stereocenters. The number of carbonyl (C=O) groups excluding carboxylic acids is 1. The van der Waals surface area contributed by atoms with Gasteiger partial charge in [0.15, 0.2) is 0 Å². The van der Waals surface area contributed by atoms with Gasteiger partial charge in [-0.1, -0.05) is 12.1 Å². The van der Waals surface area contributed by atoms with Gasteiger partial charge in [-0.25, -0.2) is 14.0 Å². The third kappa shape index (κ3) is 3.07. The highest BCUT2D eigenvalue weighted by Crippen LogP contribution is 2.35. The molecule has 7 rings (SSSR count). The van der Waals surface area contributed by atoms with Gasteiger partial charge in [0, 0.05) is 55.4 Å². The number of fused-ring (bicyclic) bond motifs is 3. The van der Waals surface area contributed by atoms with E-state index in [1.807, 2.05) is 77.6 Å². The van der Waals surface area contributed by atoms with Crippen molar-refractivity contribution in [2.45, 2.75) is 12.5 Å². The fraction of sp³-hybridized carbons (Fsp3) is 0.160. The lowest BCUT2D eigenvalue weighted by atomic mass is 9.98. The minimum absolute atomic E-state index is 0.0927. The molecule has 6 aromatic rings. The molecule has 0 aromatic carbocycles. The van der Waals surface area contributed by atoms with E-state index in [9.17, 15) is 4.79 Å². The average molecular weight is 464 g/mol. The second-order valence-corrected chi connectivity index (χ2v) is 8.77. The Labute approximate surface area is 199 Å². The zero-order valence-electron chi connectivity index (χ0n) is 18.9. The lowest BCUT2D eigenvalue weighted by molar-refractivity contribution is 0.0689. The number of carbonyl (C=O) groups is 1. The SMILES string of the molecule is Cn1cc(-c2ccc3c(C(=O)N4CCc5[nH]cnc5C4c4cc5ccccn5n4)cnn3c2)cn1. The number of H-pyrrole nitrogens is 1. The molecule has 172 valence electrons. The topological polar surface area (TPSA) is 101 Å². The van der Waals surface area contributed by atoms with Crippen LogP contribution < -0.4 is 0 Å². The number of aromatic amines is 1. The van der Waals surface area contributed by atoms with Gasteiger partial charge in [-0.2, -0.15) is 15.3 Å². The largest absolute Gasteiger partial charge is 0.348 e. The highest BCUT2D eigenvalue weighted by atomic mass is 16.2. The first-order valence-electron chi connectivity index (χ1n) is 11.4. The number of hydrogen-bond donors (Lipinski definition) is 1. The van der Waals surface area contributed by atoms with Gasteiger partial charge < -0.3 is 9.88 Å². The van der Waals surface area contributed by atoms with Crippen LogP contribution in [0.1, 0.15) is 33.5 Å². The van der Waals surface area contributed by atoms with Crippen LogP contribution in [0.3, 0.4) is 0 Å². The van der Waals surface area contributed by atoms with E-state index in [2.05, 4.69) is 20.2 Å². The molecule has 35 heavy (non-hydrogen) atoms. The Bertz CT molecular complexity index is 1690. The number of imidazole rings is 1. The summed E-state index contributed by atoms with van der Waals surface area (Å²) in [6, 6.07) is 11.5. The maximum atomic E-state index is 14.0. The van der Waals surface area contributed by atoms with Gasteiger partial charge in [0.25, 0.3) is 5.91 Å². The molecule has 0 spiro atoms. The number of aromatic nitrogens is 8. The Kier molecular flexibility index (Phi) is 4.16. The van der Waals surface area contributed by atoms with E-state index in [1.165, 1.54) is 0 Å². The summed E-state index contributed by atoms with van der Waals surface area (Å²) in [5.41, 5.74) is 6.91. The molecule has 10 nitrogen and oxygen atoms in total. The Morgan fingerprint density at radius 2 is 2.00 bits per heavy atom. The summed E-state index contributed by atoms with van der Waals surface area (Å²) in [6.45, 7) is 0.553. The second kappa shape index (κ2) is 7.39. The first kappa shape index (κ1) is 19.7. The van der Waals surface area contributed by atoms with E-state index in [-0.39, 0.29) is 11.9 Å². The number of nitrogens with one attached hydrogen (secondary N) is 1. The Hall–Kier alpha value is -4.73. The predicted octanol–water partition coefficient (Wildman–Crippen LogP) is 2.89. The second-order valence-electron chi connectivity index (χ2n) is 8.77. The van der Waals surface area contributed by atoms with Crippen LogP contribution in [-0.4, -0.2) is 56.3 Å². The minimum Gasteiger partial charge on any atom is -0.348 e. The molecule has 0 saturated heterocycles. The van der Waals surface area contributed by atoms with Crippen molar-refractivity contribution in [3.05, 3.63) is 96.4 Å². The van der Waals surface area contributed by atoms with Crippen LogP contribution >= 0.6 is 0 Å². The molecule has 1 N–H and O–H groups in total. The molecule has 10 heteroatoms. The van der Waals surface area contributed by atoms with Crippen molar-refractivity contribution in [2.75, 3.05) is 6.54 Å². The maximum Gasteiger partial charge on any atom is 0.258 e. The summed E-state index contributed by atoms with van der Waals surface area (Å²) in [7, 11) is 1.88. The van der Waals surface area contributed by atoms with Crippen LogP contribution in [0.25, 0.3) is 22.2 Å². The van der Waals surface area contributed by atoms with E-state index in [0.29, 0.717) is 18.5 Å². The maximum absolute atomic E-state index is 14.0. The van der Waals surface area contributed by atoms with Crippen molar-refractivity contribution in [3.63, 3.8) is 0 Å². The summed E-state index contributed by atoms with van der Waals surface area (Å²) >= 11 is 0. The van der Waals surface area contributed by atoms with Crippen molar-refractivity contribution in [1.82, 2.24) is 43.9 Å². The fourth-order valence-corrected chi connectivity index (χ4v) is 4.93. The predicted molar refractivity (Wildman–Crippen MR) is 128 cm³/mol. The van der Waals surface area contributed by atoms with Gasteiger partial charge in [-0.15, -0.1) is 0 Å². The normalized spacial score (nSPS) is 15.7. The van der Waals surface area contributed by atoms with Gasteiger partial charge in [-0.05, 0) is 24.3 Å². The zero-order chi connectivity index (χ0) is 23.5. The van der Waals surface area contributed by atoms with Crippen LogP contribution in [0.15, 0.2) is 73.7 Å². The fourth-order valence-electron chi connectivity index (χ4n) is 4.93. The van der Waals surface area contributed by atoms with Gasteiger partial charge >= 0.3 is 0 Å². The van der Waals surface area contributed by atoms with Crippen LogP contribution in [0.5, 0.6) is 0 Å². The molecule has 0 saturated carbocycles. The summed E-state index contributed by atoms with van der Waals surface area (Å²) in [5, 5.41) is 13.5. The molecular weight excluding hydrogens is 442 g/mol. The molecule has 0 fully saturated rings. The highest BCUT2D eigenvalue weighted by Gasteiger charge is 2.37. The summed E-state index contributed by atoms with van der Waals surface area (Å²) in [4.78, 5) is 23.6. The standard InChI is InChI=1S/C25H21N9O/c1-31-13-17(11-28-31)16-5-6-22-19(12-29-34(22)14-16)25(35)32-9-7-20-23(27-15-26-20)24(32)21-10-18-4-2-3-8-33(18)30-21/h2-6,8,10-15,24H,7,9H2,1H3,(H,26,27). The van der Waals surface area contributed by atoms with Crippen LogP contribution in [0, 0.1) is 0 Å². The molecule has 0 aliphatic carbocycles. The van der Waals surface area contributed by atoms with Gasteiger partial charge in [0.1, 0.15) is 6.04 Å². The number of hydrogen-bond acceptors (Lipinski definition) is 5. The van der Waals surface area contributed by atoms with Gasteiger partial charge in [0.2, 0.25) is 0 Å². The molecule has 7 heterocycles. The van der Waals surface area contributed by atoms with E-state index < -0.39 is 0 Å². The average Bonchev–Trinajstić information content (AvgIpc) is 3.67. The van der Waals surface area contributed by atoms with Crippen molar-refractivity contribution >= 4 is 16.9 Å². The lowest BCUT2D eigenvalue weighted by Crippen LogP contribution is -2.41. The Morgan fingerprint density at radius 1 is 1.06 bits per heavy atom. The molecule has 1 aliphatic heterocycles. The number of nitrogens with zero attached hydrogens (tertiary/aromatic N) is 8. The first-order chi connectivity index (χ1) is 17.2. The summed E-state index contributed by atoms with van der Waals surface area (Å²) in [6.07, 6.45) is 11.6. The van der Waals surface area contributed by atoms with E-state index in [4.69, 9.17) is 5.10 Å². The zero-order valence-corrected chi connectivity index (χ0v) is 18.9.